The monoisotopic (exact) mass is 571 g/mol. The predicted octanol–water partition coefficient (Wildman–Crippen LogP) is 6.37. The van der Waals surface area contributed by atoms with Gasteiger partial charge in [0.05, 0.1) is 47.3 Å². The molecule has 5 rings (SSSR count). The Hall–Kier alpha value is -4.83. The van der Waals surface area contributed by atoms with E-state index in [4.69, 9.17) is 11.6 Å². The van der Waals surface area contributed by atoms with E-state index in [-0.39, 0.29) is 49.8 Å². The van der Waals surface area contributed by atoms with Gasteiger partial charge in [0.25, 0.3) is 6.43 Å². The van der Waals surface area contributed by atoms with E-state index in [9.17, 15) is 28.6 Å². The van der Waals surface area contributed by atoms with Crippen molar-refractivity contribution in [2.45, 2.75) is 19.0 Å². The van der Waals surface area contributed by atoms with Crippen LogP contribution < -0.4 is 10.6 Å². The molecule has 0 saturated carbocycles. The van der Waals surface area contributed by atoms with Gasteiger partial charge in [-0.25, -0.2) is 27.2 Å². The third-order valence-corrected chi connectivity index (χ3v) is 5.92. The summed E-state index contributed by atoms with van der Waals surface area (Å²) in [5, 5.41) is 23.4. The van der Waals surface area contributed by atoms with E-state index < -0.39 is 36.6 Å². The number of nitrogens with one attached hydrogen (secondary N) is 2. The van der Waals surface area contributed by atoms with Crippen LogP contribution in [0.5, 0.6) is 0 Å². The lowest BCUT2D eigenvalue weighted by molar-refractivity contribution is 0.121. The molecule has 0 unspecified atom stereocenters. The Bertz CT molecular complexity index is 1790. The van der Waals surface area contributed by atoms with Crippen molar-refractivity contribution in [3.8, 4) is 6.07 Å². The molecular weight excluding hydrogens is 555 g/mol. The summed E-state index contributed by atoms with van der Waals surface area (Å²) in [5.74, 6) is -3.09. The maximum Gasteiger partial charge on any atom is 0.257 e. The van der Waals surface area contributed by atoms with Crippen LogP contribution in [0.1, 0.15) is 24.2 Å². The second kappa shape index (κ2) is 11.1. The quantitative estimate of drug-likeness (QED) is 0.165. The molecular formula is C26H16ClF5N8. The summed E-state index contributed by atoms with van der Waals surface area (Å²) >= 11 is 6.52. The summed E-state index contributed by atoms with van der Waals surface area (Å²) in [6.07, 6.45) is 0.712. The molecule has 0 fully saturated rings. The van der Waals surface area contributed by atoms with Crippen molar-refractivity contribution >= 4 is 39.6 Å². The van der Waals surface area contributed by atoms with E-state index >= 15 is 0 Å². The van der Waals surface area contributed by atoms with Gasteiger partial charge in [-0.3, -0.25) is 4.98 Å². The zero-order valence-electron chi connectivity index (χ0n) is 21.0. The maximum absolute atomic E-state index is 13.8. The fourth-order valence-electron chi connectivity index (χ4n) is 3.87. The Morgan fingerprint density at radius 3 is 2.52 bits per heavy atom. The van der Waals surface area contributed by atoms with E-state index in [0.29, 0.717) is 0 Å². The minimum Gasteiger partial charge on any atom is -0.373 e. The van der Waals surface area contributed by atoms with E-state index in [1.807, 2.05) is 6.07 Å². The molecule has 0 saturated heterocycles. The van der Waals surface area contributed by atoms with Gasteiger partial charge in [-0.15, -0.1) is 5.10 Å². The molecule has 0 aliphatic rings. The highest BCUT2D eigenvalue weighted by Crippen LogP contribution is 2.36. The molecule has 0 aliphatic carbocycles. The first-order chi connectivity index (χ1) is 19.6. The highest BCUT2D eigenvalue weighted by molar-refractivity contribution is 6.36. The molecule has 0 aliphatic heterocycles. The minimum atomic E-state index is -2.72. The van der Waals surface area contributed by atoms with Gasteiger partial charge in [0.2, 0.25) is 5.95 Å². The van der Waals surface area contributed by atoms with E-state index in [2.05, 4.69) is 30.9 Å². The summed E-state index contributed by atoms with van der Waals surface area (Å²) in [7, 11) is 0. The van der Waals surface area contributed by atoms with Crippen LogP contribution in [0.15, 0.2) is 61.1 Å². The number of aromatic nitrogens is 5. The Morgan fingerprint density at radius 2 is 1.82 bits per heavy atom. The van der Waals surface area contributed by atoms with Crippen LogP contribution in [0.2, 0.25) is 5.02 Å². The van der Waals surface area contributed by atoms with Crippen LogP contribution in [0, 0.1) is 28.9 Å². The molecule has 3 aromatic heterocycles. The van der Waals surface area contributed by atoms with Crippen LogP contribution >= 0.6 is 11.6 Å². The third kappa shape index (κ3) is 5.62. The van der Waals surface area contributed by atoms with E-state index in [1.54, 1.807) is 0 Å². The number of halogens is 6. The van der Waals surface area contributed by atoms with Crippen molar-refractivity contribution in [1.82, 2.24) is 25.0 Å². The van der Waals surface area contributed by atoms with E-state index in [0.717, 1.165) is 35.3 Å². The fourth-order valence-corrected chi connectivity index (χ4v) is 4.14. The normalized spacial score (nSPS) is 13.1. The summed E-state index contributed by atoms with van der Waals surface area (Å²) < 4.78 is 77.0. The van der Waals surface area contributed by atoms with Gasteiger partial charge in [0.15, 0.2) is 5.82 Å². The Kier molecular flexibility index (Phi) is 7.07. The minimum absolute atomic E-state index is 0.0270. The lowest BCUT2D eigenvalue weighted by Crippen LogP contribution is -2.13. The smallest absolute Gasteiger partial charge is 0.257 e. The number of hydrogen-bond donors (Lipinski definition) is 2. The van der Waals surface area contributed by atoms with Crippen molar-refractivity contribution < 1.29 is 23.3 Å². The Balaban J connectivity index is 1.64. The second-order valence-electron chi connectivity index (χ2n) is 8.36. The lowest BCUT2D eigenvalue weighted by atomic mass is 10.0. The number of anilines is 3. The number of alkyl halides is 2. The third-order valence-electron chi connectivity index (χ3n) is 5.63. The molecule has 8 nitrogen and oxygen atoms in total. The zero-order chi connectivity index (χ0) is 29.3. The molecule has 0 radical (unpaired) electrons. The van der Waals surface area contributed by atoms with Gasteiger partial charge in [0, 0.05) is 23.3 Å². The van der Waals surface area contributed by atoms with Gasteiger partial charge < -0.3 is 10.6 Å². The first-order valence-corrected chi connectivity index (χ1v) is 11.8. The molecule has 2 N–H and O–H groups in total. The number of benzene rings is 2. The molecule has 40 heavy (non-hydrogen) atoms. The molecule has 0 bridgehead atoms. The van der Waals surface area contributed by atoms with Crippen molar-refractivity contribution in [3.63, 3.8) is 0 Å². The van der Waals surface area contributed by atoms with Crippen molar-refractivity contribution in [1.29, 1.82) is 5.26 Å². The van der Waals surface area contributed by atoms with Gasteiger partial charge >= 0.3 is 0 Å². The zero-order valence-corrected chi connectivity index (χ0v) is 20.8. The first kappa shape index (κ1) is 25.4. The average molecular weight is 572 g/mol. The van der Waals surface area contributed by atoms with Crippen LogP contribution in [0.4, 0.5) is 39.0 Å². The SMILES string of the molecule is [2H][C@](Nc1cc(Cl)c2ncc(C#N)c(Nc3cnc(F)c(F)c3)c2c1)(c1ccc(F)cc1)c1cn(CC(F)F)nn1. The summed E-state index contributed by atoms with van der Waals surface area (Å²) in [5.41, 5.74) is 0.713. The van der Waals surface area contributed by atoms with Crippen LogP contribution in [-0.4, -0.2) is 31.4 Å². The molecule has 2 aromatic carbocycles. The molecule has 202 valence electrons. The molecule has 0 amide bonds. The molecule has 3 heterocycles. The largest absolute Gasteiger partial charge is 0.373 e. The summed E-state index contributed by atoms with van der Waals surface area (Å²) in [4.78, 5) is 7.56. The fraction of sp³-hybridized carbons (Fsp3) is 0.115. The van der Waals surface area contributed by atoms with Gasteiger partial charge in [0.1, 0.15) is 24.1 Å². The Morgan fingerprint density at radius 1 is 1.05 bits per heavy atom. The number of rotatable bonds is 8. The molecule has 5 aromatic rings. The van der Waals surface area contributed by atoms with Crippen LogP contribution in [0.3, 0.4) is 0 Å². The van der Waals surface area contributed by atoms with Gasteiger partial charge in [-0.05, 0) is 29.8 Å². The molecule has 0 spiro atoms. The molecule has 1 atom stereocenters. The number of nitrogens with zero attached hydrogens (tertiary/aromatic N) is 6. The highest BCUT2D eigenvalue weighted by Gasteiger charge is 2.21. The van der Waals surface area contributed by atoms with Crippen LogP contribution in [-0.2, 0) is 6.54 Å². The maximum atomic E-state index is 13.8. The summed E-state index contributed by atoms with van der Waals surface area (Å²) in [6.45, 7) is -0.759. The topological polar surface area (TPSA) is 104 Å². The average Bonchev–Trinajstić information content (AvgIpc) is 3.40. The number of pyridine rings is 2. The van der Waals surface area contributed by atoms with Crippen molar-refractivity contribution in [3.05, 3.63) is 100 Å². The first-order valence-electron chi connectivity index (χ1n) is 11.9. The van der Waals surface area contributed by atoms with Gasteiger partial charge in [-0.2, -0.15) is 9.65 Å². The standard InChI is InChI=1S/C26H16ClF5N8/c27-19-6-16(36-24(13-1-3-15(28)4-2-13)21-11-40(39-38-21)12-22(30)31)5-18-23(14(8-33)9-34-25(18)19)37-17-7-20(29)26(32)35-10-17/h1-7,9-11,22,24,36H,12H2,(H,34,37)/t24-/m0/s1/i24D. The predicted molar refractivity (Wildman–Crippen MR) is 137 cm³/mol. The highest BCUT2D eigenvalue weighted by atomic mass is 35.5. The van der Waals surface area contributed by atoms with Gasteiger partial charge in [-0.1, -0.05) is 28.9 Å². The van der Waals surface area contributed by atoms with Crippen molar-refractivity contribution in [2.75, 3.05) is 10.6 Å². The lowest BCUT2D eigenvalue weighted by Gasteiger charge is -2.20. The summed E-state index contributed by atoms with van der Waals surface area (Å²) in [6, 6.07) is 8.64. The number of nitriles is 1. The van der Waals surface area contributed by atoms with Crippen molar-refractivity contribution in [2.24, 2.45) is 0 Å². The van der Waals surface area contributed by atoms with E-state index in [1.165, 1.54) is 30.5 Å². The number of fused-ring (bicyclic) bond motifs is 1. The second-order valence-corrected chi connectivity index (χ2v) is 8.77. The van der Waals surface area contributed by atoms with Crippen LogP contribution in [0.25, 0.3) is 10.9 Å². The Labute approximate surface area is 229 Å². The molecule has 14 heteroatoms. The number of hydrogen-bond acceptors (Lipinski definition) is 7.